The molecule has 0 aliphatic rings. The highest BCUT2D eigenvalue weighted by Gasteiger charge is 2.19. The number of halogens is 1. The van der Waals surface area contributed by atoms with E-state index in [9.17, 15) is 14.9 Å². The number of nitrogens with zero attached hydrogens (tertiary/aromatic N) is 4. The van der Waals surface area contributed by atoms with Gasteiger partial charge in [0.25, 0.3) is 11.6 Å². The van der Waals surface area contributed by atoms with Gasteiger partial charge in [-0.3, -0.25) is 14.9 Å². The van der Waals surface area contributed by atoms with Gasteiger partial charge in [-0.25, -0.2) is 0 Å². The first-order valence-corrected chi connectivity index (χ1v) is 6.25. The number of rotatable bonds is 2. The van der Waals surface area contributed by atoms with Crippen LogP contribution < -0.4 is 0 Å². The molecular weight excluding hydrogens is 296 g/mol. The number of fused-ring (bicyclic) bond motifs is 1. The van der Waals surface area contributed by atoms with Crippen molar-refractivity contribution in [1.29, 1.82) is 0 Å². The molecule has 7 nitrogen and oxygen atoms in total. The number of carbonyl (C=O) groups excluding carboxylic acids is 1. The van der Waals surface area contributed by atoms with Gasteiger partial charge in [0.05, 0.1) is 21.0 Å². The van der Waals surface area contributed by atoms with E-state index >= 15 is 0 Å². The molecule has 0 bridgehead atoms. The molecule has 0 N–H and O–H groups in total. The Morgan fingerprint density at radius 3 is 2.71 bits per heavy atom. The number of nitro benzene ring substituents is 1. The van der Waals surface area contributed by atoms with Crippen LogP contribution in [0.4, 0.5) is 5.69 Å². The molecule has 104 valence electrons. The van der Waals surface area contributed by atoms with E-state index in [1.165, 1.54) is 12.1 Å². The molecule has 0 unspecified atom stereocenters. The van der Waals surface area contributed by atoms with Gasteiger partial charge in [-0.1, -0.05) is 28.9 Å². The van der Waals surface area contributed by atoms with Crippen LogP contribution in [0.1, 0.15) is 10.4 Å². The van der Waals surface area contributed by atoms with Crippen molar-refractivity contribution in [1.82, 2.24) is 15.0 Å². The van der Waals surface area contributed by atoms with Crippen LogP contribution in [0.2, 0.25) is 5.02 Å². The largest absolute Gasteiger partial charge is 0.281 e. The van der Waals surface area contributed by atoms with Crippen molar-refractivity contribution in [2.45, 2.75) is 0 Å². The first-order valence-electron chi connectivity index (χ1n) is 5.87. The summed E-state index contributed by atoms with van der Waals surface area (Å²) in [4.78, 5) is 22.5. The van der Waals surface area contributed by atoms with Crippen molar-refractivity contribution in [3.63, 3.8) is 0 Å². The topological polar surface area (TPSA) is 90.9 Å². The molecule has 3 aromatic rings. The zero-order valence-corrected chi connectivity index (χ0v) is 11.2. The molecule has 0 radical (unpaired) electrons. The van der Waals surface area contributed by atoms with Crippen LogP contribution in [0.15, 0.2) is 42.5 Å². The van der Waals surface area contributed by atoms with Crippen molar-refractivity contribution < 1.29 is 9.72 Å². The summed E-state index contributed by atoms with van der Waals surface area (Å²) in [6.07, 6.45) is 0. The second kappa shape index (κ2) is 4.95. The molecule has 0 spiro atoms. The van der Waals surface area contributed by atoms with Crippen LogP contribution in [-0.2, 0) is 0 Å². The van der Waals surface area contributed by atoms with Crippen LogP contribution >= 0.6 is 11.6 Å². The molecule has 21 heavy (non-hydrogen) atoms. The molecule has 8 heteroatoms. The highest BCUT2D eigenvalue weighted by Crippen LogP contribution is 2.24. The van der Waals surface area contributed by atoms with Crippen LogP contribution in [0.5, 0.6) is 0 Å². The predicted molar refractivity (Wildman–Crippen MR) is 75.4 cm³/mol. The summed E-state index contributed by atoms with van der Waals surface area (Å²) in [6.45, 7) is 0. The summed E-state index contributed by atoms with van der Waals surface area (Å²) in [7, 11) is 0. The maximum atomic E-state index is 12.4. The quantitative estimate of drug-likeness (QED) is 0.536. The number of nitro groups is 1. The first-order chi connectivity index (χ1) is 10.1. The molecule has 0 atom stereocenters. The van der Waals surface area contributed by atoms with Crippen molar-refractivity contribution in [2.24, 2.45) is 0 Å². The van der Waals surface area contributed by atoms with E-state index in [0.29, 0.717) is 11.0 Å². The molecule has 0 aliphatic carbocycles. The number of non-ortho nitro benzene ring substituents is 1. The Labute approximate surface area is 122 Å². The Morgan fingerprint density at radius 2 is 2.00 bits per heavy atom. The second-order valence-corrected chi connectivity index (χ2v) is 4.62. The Hall–Kier alpha value is -2.80. The molecule has 0 saturated carbocycles. The summed E-state index contributed by atoms with van der Waals surface area (Å²) in [5, 5.41) is 18.3. The highest BCUT2D eigenvalue weighted by molar-refractivity contribution is 6.34. The van der Waals surface area contributed by atoms with Gasteiger partial charge < -0.3 is 0 Å². The second-order valence-electron chi connectivity index (χ2n) is 4.22. The summed E-state index contributed by atoms with van der Waals surface area (Å²) in [5.74, 6) is -0.497. The standard InChI is InChI=1S/C13H7ClN4O3/c14-10-7-8(18(20)21)5-6-9(10)13(19)17-12-4-2-1-3-11(12)15-16-17/h1-7H. The van der Waals surface area contributed by atoms with Gasteiger partial charge in [-0.15, -0.1) is 5.10 Å². The van der Waals surface area contributed by atoms with Crippen LogP contribution in [-0.4, -0.2) is 25.8 Å². The molecule has 0 aliphatic heterocycles. The maximum Gasteiger partial charge on any atom is 0.281 e. The smallest absolute Gasteiger partial charge is 0.267 e. The minimum atomic E-state index is -0.578. The van der Waals surface area contributed by atoms with Crippen molar-refractivity contribution in [3.8, 4) is 0 Å². The predicted octanol–water partition coefficient (Wildman–Crippen LogP) is 2.68. The number of para-hydroxylation sites is 1. The van der Waals surface area contributed by atoms with Crippen molar-refractivity contribution >= 4 is 34.2 Å². The fourth-order valence-electron chi connectivity index (χ4n) is 1.92. The maximum absolute atomic E-state index is 12.4. The molecular formula is C13H7ClN4O3. The fourth-order valence-corrected chi connectivity index (χ4v) is 2.18. The van der Waals surface area contributed by atoms with Gasteiger partial charge in [-0.2, -0.15) is 4.68 Å². The van der Waals surface area contributed by atoms with Gasteiger partial charge >= 0.3 is 0 Å². The number of benzene rings is 2. The lowest BCUT2D eigenvalue weighted by molar-refractivity contribution is -0.384. The SMILES string of the molecule is O=C(c1ccc([N+](=O)[O-])cc1Cl)n1nnc2ccccc21. The molecule has 2 aromatic carbocycles. The lowest BCUT2D eigenvalue weighted by Gasteiger charge is -2.03. The summed E-state index contributed by atoms with van der Waals surface area (Å²) in [6, 6.07) is 10.6. The highest BCUT2D eigenvalue weighted by atomic mass is 35.5. The number of hydrogen-bond acceptors (Lipinski definition) is 5. The molecule has 0 amide bonds. The van der Waals surface area contributed by atoms with E-state index in [2.05, 4.69) is 10.3 Å². The molecule has 0 saturated heterocycles. The number of aromatic nitrogens is 3. The minimum absolute atomic E-state index is 0.00576. The van der Waals surface area contributed by atoms with Gasteiger partial charge in [0.1, 0.15) is 5.52 Å². The average Bonchev–Trinajstić information content (AvgIpc) is 2.90. The van der Waals surface area contributed by atoms with Gasteiger partial charge in [0.15, 0.2) is 0 Å². The van der Waals surface area contributed by atoms with E-state index in [1.54, 1.807) is 24.3 Å². The molecule has 1 heterocycles. The third-order valence-corrected chi connectivity index (χ3v) is 3.25. The van der Waals surface area contributed by atoms with E-state index in [4.69, 9.17) is 11.6 Å². The Morgan fingerprint density at radius 1 is 1.24 bits per heavy atom. The molecule has 1 aromatic heterocycles. The Kier molecular flexibility index (Phi) is 3.11. The van der Waals surface area contributed by atoms with Crippen molar-refractivity contribution in [2.75, 3.05) is 0 Å². The normalized spacial score (nSPS) is 10.7. The van der Waals surface area contributed by atoms with Gasteiger partial charge in [0, 0.05) is 12.1 Å². The third kappa shape index (κ3) is 2.23. The lowest BCUT2D eigenvalue weighted by Crippen LogP contribution is -2.14. The van der Waals surface area contributed by atoms with Crippen LogP contribution in [0.3, 0.4) is 0 Å². The van der Waals surface area contributed by atoms with Crippen LogP contribution in [0.25, 0.3) is 11.0 Å². The summed E-state index contributed by atoms with van der Waals surface area (Å²) < 4.78 is 1.11. The lowest BCUT2D eigenvalue weighted by atomic mass is 10.2. The Balaban J connectivity index is 2.08. The van der Waals surface area contributed by atoms with E-state index in [1.807, 2.05) is 0 Å². The number of carbonyl (C=O) groups is 1. The Bertz CT molecular complexity index is 875. The zero-order valence-electron chi connectivity index (χ0n) is 10.4. The minimum Gasteiger partial charge on any atom is -0.267 e. The van der Waals surface area contributed by atoms with E-state index in [-0.39, 0.29) is 16.3 Å². The van der Waals surface area contributed by atoms with E-state index < -0.39 is 10.8 Å². The number of hydrogen-bond donors (Lipinski definition) is 0. The van der Waals surface area contributed by atoms with Gasteiger partial charge in [-0.05, 0) is 18.2 Å². The third-order valence-electron chi connectivity index (χ3n) is 2.94. The fraction of sp³-hybridized carbons (Fsp3) is 0. The van der Waals surface area contributed by atoms with Crippen LogP contribution in [0, 0.1) is 10.1 Å². The zero-order chi connectivity index (χ0) is 15.0. The molecule has 3 rings (SSSR count). The molecule has 0 fully saturated rings. The monoisotopic (exact) mass is 302 g/mol. The first kappa shape index (κ1) is 13.2. The van der Waals surface area contributed by atoms with E-state index in [0.717, 1.165) is 10.7 Å². The summed E-state index contributed by atoms with van der Waals surface area (Å²) >= 11 is 5.95. The average molecular weight is 303 g/mol. The van der Waals surface area contributed by atoms with Gasteiger partial charge in [0.2, 0.25) is 0 Å². The van der Waals surface area contributed by atoms with Crippen molar-refractivity contribution in [3.05, 3.63) is 63.2 Å². The summed E-state index contributed by atoms with van der Waals surface area (Å²) in [5.41, 5.74) is 1.05.